The standard InChI is InChI=1S/C12H21NO/c1-9(2)7-8-12(14)10-5-3-4-6-11(10)13/h10-11H,1,3-8,13H2,2H3. The maximum atomic E-state index is 11.8. The van der Waals surface area contributed by atoms with E-state index in [0.29, 0.717) is 12.2 Å². The number of ketones is 1. The highest BCUT2D eigenvalue weighted by Gasteiger charge is 2.27. The van der Waals surface area contributed by atoms with Crippen LogP contribution in [0.25, 0.3) is 0 Å². The van der Waals surface area contributed by atoms with Gasteiger partial charge in [0, 0.05) is 18.4 Å². The number of hydrogen-bond donors (Lipinski definition) is 1. The van der Waals surface area contributed by atoms with Crippen molar-refractivity contribution >= 4 is 5.78 Å². The third-order valence-corrected chi connectivity index (χ3v) is 3.03. The van der Waals surface area contributed by atoms with Crippen LogP contribution in [0.2, 0.25) is 0 Å². The van der Waals surface area contributed by atoms with Gasteiger partial charge in [-0.2, -0.15) is 0 Å². The molecule has 0 heterocycles. The maximum absolute atomic E-state index is 11.8. The van der Waals surface area contributed by atoms with Crippen molar-refractivity contribution in [2.75, 3.05) is 0 Å². The van der Waals surface area contributed by atoms with Gasteiger partial charge >= 0.3 is 0 Å². The van der Waals surface area contributed by atoms with Crippen molar-refractivity contribution < 1.29 is 4.79 Å². The Hall–Kier alpha value is -0.630. The van der Waals surface area contributed by atoms with Gasteiger partial charge in [0.15, 0.2) is 0 Å². The van der Waals surface area contributed by atoms with Gasteiger partial charge in [-0.15, -0.1) is 6.58 Å². The molecule has 2 nitrogen and oxygen atoms in total. The SMILES string of the molecule is C=C(C)CCC(=O)C1CCCCC1N. The molecule has 2 N–H and O–H groups in total. The molecule has 0 aromatic carbocycles. The molecule has 0 spiro atoms. The molecule has 1 aliphatic rings. The molecule has 1 fully saturated rings. The minimum atomic E-state index is 0.112. The van der Waals surface area contributed by atoms with Crippen molar-refractivity contribution in [1.29, 1.82) is 0 Å². The fourth-order valence-electron chi connectivity index (χ4n) is 2.08. The Balaban J connectivity index is 2.38. The second kappa shape index (κ2) is 5.30. The van der Waals surface area contributed by atoms with Crippen LogP contribution in [0.1, 0.15) is 45.4 Å². The number of hydrogen-bond acceptors (Lipinski definition) is 2. The zero-order valence-corrected chi connectivity index (χ0v) is 9.09. The molecule has 2 heteroatoms. The summed E-state index contributed by atoms with van der Waals surface area (Å²) < 4.78 is 0. The van der Waals surface area contributed by atoms with Crippen molar-refractivity contribution in [1.82, 2.24) is 0 Å². The van der Waals surface area contributed by atoms with Crippen LogP contribution in [-0.4, -0.2) is 11.8 Å². The molecule has 1 aliphatic carbocycles. The van der Waals surface area contributed by atoms with Crippen LogP contribution in [0.4, 0.5) is 0 Å². The van der Waals surface area contributed by atoms with Gasteiger partial charge in [-0.05, 0) is 26.2 Å². The number of carbonyl (C=O) groups excluding carboxylic acids is 1. The lowest BCUT2D eigenvalue weighted by molar-refractivity contribution is -0.124. The Bertz CT molecular complexity index is 222. The Labute approximate surface area is 86.6 Å². The minimum Gasteiger partial charge on any atom is -0.327 e. The summed E-state index contributed by atoms with van der Waals surface area (Å²) in [7, 11) is 0. The van der Waals surface area contributed by atoms with Crippen LogP contribution < -0.4 is 5.73 Å². The van der Waals surface area contributed by atoms with Crippen LogP contribution in [0.15, 0.2) is 12.2 Å². The molecule has 0 amide bonds. The predicted molar refractivity (Wildman–Crippen MR) is 59.0 cm³/mol. The molecule has 14 heavy (non-hydrogen) atoms. The van der Waals surface area contributed by atoms with Crippen molar-refractivity contribution in [3.8, 4) is 0 Å². The zero-order chi connectivity index (χ0) is 10.6. The molecule has 0 radical (unpaired) electrons. The summed E-state index contributed by atoms with van der Waals surface area (Å²) >= 11 is 0. The monoisotopic (exact) mass is 195 g/mol. The fraction of sp³-hybridized carbons (Fsp3) is 0.750. The molecule has 0 aliphatic heterocycles. The lowest BCUT2D eigenvalue weighted by Gasteiger charge is -2.27. The molecule has 0 saturated heterocycles. The summed E-state index contributed by atoms with van der Waals surface area (Å²) in [6, 6.07) is 0.112. The topological polar surface area (TPSA) is 43.1 Å². The summed E-state index contributed by atoms with van der Waals surface area (Å²) in [5.74, 6) is 0.475. The third-order valence-electron chi connectivity index (χ3n) is 3.03. The predicted octanol–water partition coefficient (Wildman–Crippen LogP) is 2.43. The molecule has 2 unspecified atom stereocenters. The number of allylic oxidation sites excluding steroid dienone is 1. The number of nitrogens with two attached hydrogens (primary N) is 1. The van der Waals surface area contributed by atoms with Gasteiger partial charge in [-0.25, -0.2) is 0 Å². The Morgan fingerprint density at radius 2 is 2.00 bits per heavy atom. The highest BCUT2D eigenvalue weighted by molar-refractivity contribution is 5.82. The molecule has 1 saturated carbocycles. The summed E-state index contributed by atoms with van der Waals surface area (Å²) in [6.07, 6.45) is 5.82. The normalized spacial score (nSPS) is 27.3. The van der Waals surface area contributed by atoms with Crippen LogP contribution in [0, 0.1) is 5.92 Å². The van der Waals surface area contributed by atoms with Gasteiger partial charge < -0.3 is 5.73 Å². The van der Waals surface area contributed by atoms with Gasteiger partial charge in [-0.3, -0.25) is 4.79 Å². The van der Waals surface area contributed by atoms with E-state index < -0.39 is 0 Å². The van der Waals surface area contributed by atoms with Crippen LogP contribution in [0.3, 0.4) is 0 Å². The van der Waals surface area contributed by atoms with Gasteiger partial charge in [0.2, 0.25) is 0 Å². The zero-order valence-electron chi connectivity index (χ0n) is 9.09. The van der Waals surface area contributed by atoms with Gasteiger partial charge in [0.05, 0.1) is 0 Å². The first-order valence-electron chi connectivity index (χ1n) is 5.54. The van der Waals surface area contributed by atoms with E-state index in [1.165, 1.54) is 6.42 Å². The van der Waals surface area contributed by atoms with E-state index in [-0.39, 0.29) is 12.0 Å². The van der Waals surface area contributed by atoms with Crippen molar-refractivity contribution in [2.45, 2.75) is 51.5 Å². The second-order valence-electron chi connectivity index (χ2n) is 4.48. The average Bonchev–Trinajstić information content (AvgIpc) is 2.15. The van der Waals surface area contributed by atoms with Crippen molar-refractivity contribution in [2.24, 2.45) is 11.7 Å². The largest absolute Gasteiger partial charge is 0.327 e. The minimum absolute atomic E-state index is 0.112. The van der Waals surface area contributed by atoms with E-state index >= 15 is 0 Å². The lowest BCUT2D eigenvalue weighted by atomic mass is 9.81. The number of carbonyl (C=O) groups is 1. The fourth-order valence-corrected chi connectivity index (χ4v) is 2.08. The Morgan fingerprint density at radius 3 is 2.57 bits per heavy atom. The molecular weight excluding hydrogens is 174 g/mol. The van der Waals surface area contributed by atoms with Crippen molar-refractivity contribution in [3.05, 3.63) is 12.2 Å². The summed E-state index contributed by atoms with van der Waals surface area (Å²) in [4.78, 5) is 11.8. The highest BCUT2D eigenvalue weighted by Crippen LogP contribution is 2.25. The van der Waals surface area contributed by atoms with E-state index in [2.05, 4.69) is 6.58 Å². The van der Waals surface area contributed by atoms with E-state index in [0.717, 1.165) is 31.3 Å². The van der Waals surface area contributed by atoms with E-state index in [4.69, 9.17) is 5.73 Å². The van der Waals surface area contributed by atoms with Crippen LogP contribution in [0.5, 0.6) is 0 Å². The first-order chi connectivity index (χ1) is 6.61. The second-order valence-corrected chi connectivity index (χ2v) is 4.48. The van der Waals surface area contributed by atoms with Gasteiger partial charge in [0.25, 0.3) is 0 Å². The number of rotatable bonds is 4. The first-order valence-corrected chi connectivity index (χ1v) is 5.54. The van der Waals surface area contributed by atoms with Gasteiger partial charge in [0.1, 0.15) is 5.78 Å². The van der Waals surface area contributed by atoms with Crippen molar-refractivity contribution in [3.63, 3.8) is 0 Å². The van der Waals surface area contributed by atoms with E-state index in [9.17, 15) is 4.79 Å². The summed E-state index contributed by atoms with van der Waals surface area (Å²) in [5.41, 5.74) is 7.03. The molecular formula is C12H21NO. The lowest BCUT2D eigenvalue weighted by Crippen LogP contribution is -2.37. The van der Waals surface area contributed by atoms with Crippen LogP contribution >= 0.6 is 0 Å². The molecule has 0 aromatic heterocycles. The summed E-state index contributed by atoms with van der Waals surface area (Å²) in [5, 5.41) is 0. The maximum Gasteiger partial charge on any atom is 0.137 e. The number of Topliss-reactive ketones (excluding diaryl/α,β-unsaturated/α-hetero) is 1. The van der Waals surface area contributed by atoms with E-state index in [1.54, 1.807) is 0 Å². The van der Waals surface area contributed by atoms with Crippen LogP contribution in [-0.2, 0) is 4.79 Å². The van der Waals surface area contributed by atoms with Gasteiger partial charge in [-0.1, -0.05) is 18.4 Å². The Kier molecular flexibility index (Phi) is 4.33. The molecule has 1 rings (SSSR count). The smallest absolute Gasteiger partial charge is 0.137 e. The van der Waals surface area contributed by atoms with E-state index in [1.807, 2.05) is 6.92 Å². The Morgan fingerprint density at radius 1 is 1.36 bits per heavy atom. The highest BCUT2D eigenvalue weighted by atomic mass is 16.1. The molecule has 0 bridgehead atoms. The molecule has 0 aromatic rings. The molecule has 2 atom stereocenters. The quantitative estimate of drug-likeness (QED) is 0.700. The first kappa shape index (κ1) is 11.4. The average molecular weight is 195 g/mol. The molecule has 80 valence electrons. The summed E-state index contributed by atoms with van der Waals surface area (Å²) in [6.45, 7) is 5.77. The third kappa shape index (κ3) is 3.26.